The van der Waals surface area contributed by atoms with E-state index in [-0.39, 0.29) is 11.3 Å². The summed E-state index contributed by atoms with van der Waals surface area (Å²) in [4.78, 5) is 14.9. The van der Waals surface area contributed by atoms with Crippen molar-refractivity contribution in [3.05, 3.63) is 0 Å². The molecule has 1 amide bonds. The number of hydrogen-bond donors (Lipinski definition) is 1. The summed E-state index contributed by atoms with van der Waals surface area (Å²) >= 11 is 0. The molecular formula is C14H28N2O2. The quantitative estimate of drug-likeness (QED) is 0.785. The lowest BCUT2D eigenvalue weighted by atomic mass is 9.78. The Labute approximate surface area is 111 Å². The van der Waals surface area contributed by atoms with Crippen molar-refractivity contribution in [3.8, 4) is 0 Å². The minimum Gasteiger partial charge on any atom is -0.384 e. The van der Waals surface area contributed by atoms with Crippen LogP contribution in [0.1, 0.15) is 40.0 Å². The van der Waals surface area contributed by atoms with Crippen LogP contribution in [0.15, 0.2) is 0 Å². The van der Waals surface area contributed by atoms with Gasteiger partial charge in [0.25, 0.3) is 0 Å². The third-order valence-electron chi connectivity index (χ3n) is 4.16. The molecule has 0 saturated carbocycles. The summed E-state index contributed by atoms with van der Waals surface area (Å²) < 4.78 is 5.34. The molecule has 0 aromatic heterocycles. The van der Waals surface area contributed by atoms with Gasteiger partial charge in [0.1, 0.15) is 0 Å². The zero-order chi connectivity index (χ0) is 13.6. The van der Waals surface area contributed by atoms with Gasteiger partial charge in [0.15, 0.2) is 0 Å². The molecule has 1 saturated heterocycles. The molecule has 106 valence electrons. The first kappa shape index (κ1) is 15.4. The SMILES string of the molecule is CCC(C)N(CC)C(=O)C1(COC)CCNCC1. The van der Waals surface area contributed by atoms with Crippen molar-refractivity contribution >= 4 is 5.91 Å². The number of ether oxygens (including phenoxy) is 1. The smallest absolute Gasteiger partial charge is 0.231 e. The molecule has 0 bridgehead atoms. The predicted molar refractivity (Wildman–Crippen MR) is 73.6 cm³/mol. The van der Waals surface area contributed by atoms with Crippen LogP contribution >= 0.6 is 0 Å². The third-order valence-corrected chi connectivity index (χ3v) is 4.16. The fourth-order valence-corrected chi connectivity index (χ4v) is 2.78. The van der Waals surface area contributed by atoms with E-state index >= 15 is 0 Å². The first-order chi connectivity index (χ1) is 8.61. The zero-order valence-electron chi connectivity index (χ0n) is 12.3. The number of rotatable bonds is 6. The molecule has 4 heteroatoms. The van der Waals surface area contributed by atoms with E-state index in [1.807, 2.05) is 4.90 Å². The minimum absolute atomic E-state index is 0.280. The van der Waals surface area contributed by atoms with E-state index in [1.165, 1.54) is 0 Å². The summed E-state index contributed by atoms with van der Waals surface area (Å²) in [5, 5.41) is 3.33. The maximum absolute atomic E-state index is 12.9. The Bertz CT molecular complexity index is 257. The molecule has 1 rings (SSSR count). The van der Waals surface area contributed by atoms with Gasteiger partial charge in [0, 0.05) is 19.7 Å². The number of piperidine rings is 1. The van der Waals surface area contributed by atoms with Crippen LogP contribution in [0.3, 0.4) is 0 Å². The first-order valence-corrected chi connectivity index (χ1v) is 7.12. The van der Waals surface area contributed by atoms with Gasteiger partial charge in [0.2, 0.25) is 5.91 Å². The van der Waals surface area contributed by atoms with Gasteiger partial charge in [-0.1, -0.05) is 6.92 Å². The van der Waals surface area contributed by atoms with E-state index in [1.54, 1.807) is 7.11 Å². The monoisotopic (exact) mass is 256 g/mol. The summed E-state index contributed by atoms with van der Waals surface area (Å²) in [5.74, 6) is 0.280. The van der Waals surface area contributed by atoms with E-state index in [0.29, 0.717) is 12.6 Å². The number of nitrogens with one attached hydrogen (secondary N) is 1. The summed E-state index contributed by atoms with van der Waals surface area (Å²) in [6.07, 6.45) is 2.76. The maximum atomic E-state index is 12.9. The largest absolute Gasteiger partial charge is 0.384 e. The van der Waals surface area contributed by atoms with E-state index in [9.17, 15) is 4.79 Å². The molecule has 4 nitrogen and oxygen atoms in total. The predicted octanol–water partition coefficient (Wildman–Crippen LogP) is 1.65. The Morgan fingerprint density at radius 1 is 1.39 bits per heavy atom. The average Bonchev–Trinajstić information content (AvgIpc) is 2.40. The molecule has 0 spiro atoms. The van der Waals surface area contributed by atoms with Crippen molar-refractivity contribution in [1.82, 2.24) is 10.2 Å². The van der Waals surface area contributed by atoms with Crippen LogP contribution in [-0.2, 0) is 9.53 Å². The number of hydrogen-bond acceptors (Lipinski definition) is 3. The van der Waals surface area contributed by atoms with Crippen LogP contribution in [0.5, 0.6) is 0 Å². The van der Waals surface area contributed by atoms with Crippen LogP contribution in [0.25, 0.3) is 0 Å². The Hall–Kier alpha value is -0.610. The van der Waals surface area contributed by atoms with Gasteiger partial charge in [0.05, 0.1) is 12.0 Å². The Morgan fingerprint density at radius 2 is 2.00 bits per heavy atom. The summed E-state index contributed by atoms with van der Waals surface area (Å²) in [6.45, 7) is 9.47. The number of amides is 1. The summed E-state index contributed by atoms with van der Waals surface area (Å²) in [6, 6.07) is 0.311. The van der Waals surface area contributed by atoms with Gasteiger partial charge in [-0.3, -0.25) is 4.79 Å². The number of carbonyl (C=O) groups is 1. The third kappa shape index (κ3) is 3.23. The lowest BCUT2D eigenvalue weighted by molar-refractivity contribution is -0.149. The fraction of sp³-hybridized carbons (Fsp3) is 0.929. The second kappa shape index (κ2) is 7.10. The Kier molecular flexibility index (Phi) is 6.09. The maximum Gasteiger partial charge on any atom is 0.231 e. The highest BCUT2D eigenvalue weighted by molar-refractivity contribution is 5.83. The Morgan fingerprint density at radius 3 is 2.44 bits per heavy atom. The molecule has 0 aromatic rings. The molecule has 1 N–H and O–H groups in total. The second-order valence-electron chi connectivity index (χ2n) is 5.31. The van der Waals surface area contributed by atoms with E-state index in [2.05, 4.69) is 26.1 Å². The molecule has 1 aliphatic heterocycles. The number of carbonyl (C=O) groups excluding carboxylic acids is 1. The number of methoxy groups -OCH3 is 1. The van der Waals surface area contributed by atoms with Gasteiger partial charge in [-0.25, -0.2) is 0 Å². The summed E-state index contributed by atoms with van der Waals surface area (Å²) in [7, 11) is 1.69. The lowest BCUT2D eigenvalue weighted by Gasteiger charge is -2.41. The van der Waals surface area contributed by atoms with Crippen LogP contribution in [-0.4, -0.2) is 50.2 Å². The number of nitrogens with zero attached hydrogens (tertiary/aromatic N) is 1. The van der Waals surface area contributed by atoms with Crippen molar-refractivity contribution < 1.29 is 9.53 Å². The molecule has 0 radical (unpaired) electrons. The van der Waals surface area contributed by atoms with Crippen LogP contribution in [0.2, 0.25) is 0 Å². The van der Waals surface area contributed by atoms with E-state index in [0.717, 1.165) is 38.9 Å². The molecule has 18 heavy (non-hydrogen) atoms. The van der Waals surface area contributed by atoms with Crippen LogP contribution in [0.4, 0.5) is 0 Å². The normalized spacial score (nSPS) is 20.4. The topological polar surface area (TPSA) is 41.6 Å². The van der Waals surface area contributed by atoms with Gasteiger partial charge < -0.3 is 15.0 Å². The standard InChI is InChI=1S/C14H28N2O2/c1-5-12(3)16(6-2)13(17)14(11-18-4)7-9-15-10-8-14/h12,15H,5-11H2,1-4H3. The molecule has 1 fully saturated rings. The highest BCUT2D eigenvalue weighted by Gasteiger charge is 2.42. The van der Waals surface area contributed by atoms with Crippen LogP contribution in [0, 0.1) is 5.41 Å². The molecule has 1 unspecified atom stereocenters. The second-order valence-corrected chi connectivity index (χ2v) is 5.31. The molecule has 0 aliphatic carbocycles. The van der Waals surface area contributed by atoms with Crippen molar-refractivity contribution in [1.29, 1.82) is 0 Å². The highest BCUT2D eigenvalue weighted by atomic mass is 16.5. The van der Waals surface area contributed by atoms with E-state index in [4.69, 9.17) is 4.74 Å². The lowest BCUT2D eigenvalue weighted by Crippen LogP contribution is -2.53. The Balaban J connectivity index is 2.86. The minimum atomic E-state index is -0.306. The molecule has 1 atom stereocenters. The molecule has 0 aromatic carbocycles. The van der Waals surface area contributed by atoms with Gasteiger partial charge in [-0.2, -0.15) is 0 Å². The van der Waals surface area contributed by atoms with E-state index < -0.39 is 0 Å². The van der Waals surface area contributed by atoms with Crippen molar-refractivity contribution in [2.75, 3.05) is 33.4 Å². The van der Waals surface area contributed by atoms with Gasteiger partial charge >= 0.3 is 0 Å². The van der Waals surface area contributed by atoms with Crippen LogP contribution < -0.4 is 5.32 Å². The first-order valence-electron chi connectivity index (χ1n) is 7.12. The van der Waals surface area contributed by atoms with Gasteiger partial charge in [-0.05, 0) is 46.2 Å². The summed E-state index contributed by atoms with van der Waals surface area (Å²) in [5.41, 5.74) is -0.306. The molecule has 1 heterocycles. The van der Waals surface area contributed by atoms with Crippen molar-refractivity contribution in [2.24, 2.45) is 5.41 Å². The van der Waals surface area contributed by atoms with Gasteiger partial charge in [-0.15, -0.1) is 0 Å². The highest BCUT2D eigenvalue weighted by Crippen LogP contribution is 2.32. The average molecular weight is 256 g/mol. The van der Waals surface area contributed by atoms with Crippen molar-refractivity contribution in [2.45, 2.75) is 46.1 Å². The fourth-order valence-electron chi connectivity index (χ4n) is 2.78. The zero-order valence-corrected chi connectivity index (χ0v) is 12.3. The van der Waals surface area contributed by atoms with Crippen molar-refractivity contribution in [3.63, 3.8) is 0 Å². The molecule has 1 aliphatic rings. The molecular weight excluding hydrogens is 228 g/mol.